The summed E-state index contributed by atoms with van der Waals surface area (Å²) in [5.41, 5.74) is 0.00369. The van der Waals surface area contributed by atoms with E-state index >= 15 is 0 Å². The van der Waals surface area contributed by atoms with Crippen LogP contribution in [0, 0.1) is 10.8 Å². The number of esters is 2. The molecule has 0 unspecified atom stereocenters. The summed E-state index contributed by atoms with van der Waals surface area (Å²) in [6.07, 6.45) is 3.33. The zero-order valence-electron chi connectivity index (χ0n) is 33.5. The van der Waals surface area contributed by atoms with Crippen LogP contribution in [0.5, 0.6) is 0 Å². The van der Waals surface area contributed by atoms with Gasteiger partial charge in [-0.1, -0.05) is 60.7 Å². The molecule has 2 saturated heterocycles. The molecular formula is C38H48IN2NaO15Ru. The molecule has 2 atom stereocenters. The standard InChI is InChI=1S/C19H23NO5.C19H25NO4.IO4.Na.2O.Ru/c1-18(2,3)25-17(23)20-14(11-19(9-10-19)16(20)22)15(21)24-12-13-7-5-4-6-8-13;1-18(2,3)24-17(22)20-13-19(9-10-19)11-15(20)16(21)23-12-14-7-5-4-6-8-14;2-1(3,4)5;;;;/h4-8,14H,9-12H2,1-3H3;4-8,15H,9-13H2,1-3H3;;;;;/q;;-1;+1;;;/t14-;15-;;;;;/m00...../s1. The number of carbonyl (C=O) groups is 5. The van der Waals surface area contributed by atoms with Gasteiger partial charge in [-0.2, -0.15) is 0 Å². The Labute approximate surface area is 373 Å². The molecule has 58 heavy (non-hydrogen) atoms. The van der Waals surface area contributed by atoms with Crippen molar-refractivity contribution in [3.05, 3.63) is 71.8 Å². The van der Waals surface area contributed by atoms with Crippen LogP contribution in [0.25, 0.3) is 0 Å². The summed E-state index contributed by atoms with van der Waals surface area (Å²) in [5.74, 6) is -1.22. The maximum absolute atomic E-state index is 12.6. The summed E-state index contributed by atoms with van der Waals surface area (Å²) in [7, 11) is 0. The molecule has 2 heterocycles. The fraction of sp³-hybridized carbons (Fsp3) is 0.553. The first-order valence-corrected chi connectivity index (χ1v) is 22.8. The maximum atomic E-state index is 12.6. The van der Waals surface area contributed by atoms with Crippen molar-refractivity contribution < 1.29 is 130 Å². The molecule has 0 bridgehead atoms. The van der Waals surface area contributed by atoms with Gasteiger partial charge in [0.15, 0.2) is 0 Å². The Bertz CT molecular complexity index is 1750. The molecule has 2 aromatic rings. The van der Waals surface area contributed by atoms with Gasteiger partial charge in [-0.3, -0.25) is 23.4 Å². The second-order valence-electron chi connectivity index (χ2n) is 16.1. The average molecular weight is 1020 g/mol. The van der Waals surface area contributed by atoms with Gasteiger partial charge < -0.3 is 18.9 Å². The number of hydrogen-bond acceptors (Lipinski definition) is 15. The molecule has 2 aliphatic carbocycles. The van der Waals surface area contributed by atoms with Crippen LogP contribution < -0.4 is 63.4 Å². The molecule has 17 nitrogen and oxygen atoms in total. The van der Waals surface area contributed by atoms with E-state index in [0.29, 0.717) is 32.2 Å². The molecular weight excluding hydrogens is 975 g/mol. The summed E-state index contributed by atoms with van der Waals surface area (Å²) in [4.78, 5) is 65.1. The molecule has 2 aromatic carbocycles. The number of ether oxygens (including phenoxy) is 4. The number of nitrogens with zero attached hydrogens (tertiary/aromatic N) is 2. The molecule has 3 amide bonds. The Morgan fingerprint density at radius 1 is 0.707 bits per heavy atom. The molecule has 4 aliphatic rings. The Balaban J connectivity index is 0.000000333. The van der Waals surface area contributed by atoms with Gasteiger partial charge >= 0.3 is 77.9 Å². The third-order valence-corrected chi connectivity index (χ3v) is 9.10. The number of hydrogen-bond donors (Lipinski definition) is 0. The zero-order chi connectivity index (χ0) is 42.8. The van der Waals surface area contributed by atoms with Crippen LogP contribution in [0.15, 0.2) is 60.7 Å². The SMILES string of the molecule is CC(C)(C)OC(=O)N1C(=O)C2(CC2)C[C@H]1C(=O)OCc1ccccc1.CC(C)(C)OC(=O)N1CC2(CC2)C[C@H]1C(=O)OCc1ccccc1.[Na+].[O-][I+3]([O-])([O-])[O-].[O]=[Ru]=[O]. The summed E-state index contributed by atoms with van der Waals surface area (Å²) in [6.45, 7) is 11.6. The number of benzene rings is 2. The molecule has 0 N–H and O–H groups in total. The van der Waals surface area contributed by atoms with Gasteiger partial charge in [0.1, 0.15) is 56.6 Å². The van der Waals surface area contributed by atoms with E-state index in [1.807, 2.05) is 81.4 Å². The van der Waals surface area contributed by atoms with Crippen LogP contribution in [0.4, 0.5) is 9.59 Å². The van der Waals surface area contributed by atoms with Crippen LogP contribution in [0.1, 0.15) is 91.2 Å². The average Bonchev–Trinajstić information content (AvgIpc) is 3.99. The molecule has 2 spiro atoms. The predicted molar refractivity (Wildman–Crippen MR) is 180 cm³/mol. The number of imide groups is 1. The Morgan fingerprint density at radius 3 is 1.48 bits per heavy atom. The van der Waals surface area contributed by atoms with E-state index in [1.165, 1.54) is 0 Å². The Hall–Kier alpha value is -2.62. The fourth-order valence-electron chi connectivity index (χ4n) is 6.19. The van der Waals surface area contributed by atoms with Gasteiger partial charge in [0.2, 0.25) is 5.91 Å². The van der Waals surface area contributed by atoms with Crippen molar-refractivity contribution in [2.75, 3.05) is 6.54 Å². The first-order valence-electron chi connectivity index (χ1n) is 17.9. The van der Waals surface area contributed by atoms with Crippen molar-refractivity contribution in [1.29, 1.82) is 0 Å². The number of amides is 3. The van der Waals surface area contributed by atoms with Crippen molar-refractivity contribution in [3.8, 4) is 0 Å². The van der Waals surface area contributed by atoms with Crippen molar-refractivity contribution >= 4 is 30.0 Å². The number of carbonyl (C=O) groups excluding carboxylic acids is 5. The van der Waals surface area contributed by atoms with Crippen LogP contribution in [0.3, 0.4) is 0 Å². The molecule has 0 radical (unpaired) electrons. The molecule has 4 fully saturated rings. The van der Waals surface area contributed by atoms with Gasteiger partial charge in [0, 0.05) is 6.54 Å². The summed E-state index contributed by atoms with van der Waals surface area (Å²) < 4.78 is 73.0. The molecule has 6 rings (SSSR count). The number of halogens is 1. The van der Waals surface area contributed by atoms with Crippen LogP contribution in [-0.2, 0) is 70.7 Å². The summed E-state index contributed by atoms with van der Waals surface area (Å²) in [5, 5.41) is 0. The predicted octanol–water partition coefficient (Wildman–Crippen LogP) is -4.42. The topological polar surface area (TPSA) is 255 Å². The van der Waals surface area contributed by atoms with Gasteiger partial charge in [-0.05, 0) is 96.6 Å². The van der Waals surface area contributed by atoms with Crippen LogP contribution in [-0.4, -0.2) is 69.7 Å². The molecule has 2 aliphatic heterocycles. The first-order chi connectivity index (χ1) is 26.4. The second kappa shape index (κ2) is 21.8. The van der Waals surface area contributed by atoms with E-state index in [0.717, 1.165) is 28.9 Å². The fourth-order valence-corrected chi connectivity index (χ4v) is 6.19. The van der Waals surface area contributed by atoms with Crippen molar-refractivity contribution in [2.45, 2.75) is 117 Å². The Morgan fingerprint density at radius 2 is 1.10 bits per heavy atom. The monoisotopic (exact) mass is 1020 g/mol. The minimum atomic E-state index is -5.94. The Kier molecular flexibility index (Phi) is 19.3. The van der Waals surface area contributed by atoms with E-state index in [-0.39, 0.29) is 60.1 Å². The van der Waals surface area contributed by atoms with E-state index in [2.05, 4.69) is 0 Å². The number of likely N-dealkylation sites (tertiary alicyclic amines) is 2. The van der Waals surface area contributed by atoms with Crippen LogP contribution >= 0.6 is 0 Å². The third-order valence-electron chi connectivity index (χ3n) is 9.10. The van der Waals surface area contributed by atoms with Crippen molar-refractivity contribution in [2.24, 2.45) is 10.8 Å². The first kappa shape index (κ1) is 51.5. The van der Waals surface area contributed by atoms with E-state index < -0.39 is 84.0 Å². The van der Waals surface area contributed by atoms with Crippen molar-refractivity contribution in [1.82, 2.24) is 9.80 Å². The minimum absolute atomic E-state index is 0. The quantitative estimate of drug-likeness (QED) is 0.115. The van der Waals surface area contributed by atoms with Gasteiger partial charge in [0.05, 0.1) is 5.41 Å². The molecule has 0 aromatic heterocycles. The summed E-state index contributed by atoms with van der Waals surface area (Å²) in [6, 6.07) is 17.4. The normalized spacial score (nSPS) is 19.4. The number of rotatable bonds is 6. The van der Waals surface area contributed by atoms with Crippen molar-refractivity contribution in [3.63, 3.8) is 0 Å². The molecule has 316 valence electrons. The molecule has 20 heteroatoms. The van der Waals surface area contributed by atoms with E-state index in [4.69, 9.17) is 39.8 Å². The zero-order valence-corrected chi connectivity index (χ0v) is 39.4. The second-order valence-corrected chi connectivity index (χ2v) is 18.6. The van der Waals surface area contributed by atoms with Gasteiger partial charge in [-0.15, -0.1) is 0 Å². The van der Waals surface area contributed by atoms with Gasteiger partial charge in [-0.25, -0.2) is 24.1 Å². The van der Waals surface area contributed by atoms with Crippen LogP contribution in [0.2, 0.25) is 0 Å². The van der Waals surface area contributed by atoms with Gasteiger partial charge in [0.25, 0.3) is 0 Å². The third kappa shape index (κ3) is 17.2. The van der Waals surface area contributed by atoms with E-state index in [9.17, 15) is 24.0 Å². The van der Waals surface area contributed by atoms with E-state index in [1.54, 1.807) is 25.7 Å². The summed E-state index contributed by atoms with van der Waals surface area (Å²) >= 11 is -7.73. The molecule has 2 saturated carbocycles.